The van der Waals surface area contributed by atoms with Crippen molar-refractivity contribution in [3.8, 4) is 0 Å². The largest absolute Gasteiger partial charge is 0.368 e. The molecule has 2 rings (SSSR count). The first-order valence-corrected chi connectivity index (χ1v) is 5.36. The van der Waals surface area contributed by atoms with Crippen molar-refractivity contribution in [2.45, 2.75) is 6.92 Å². The first-order valence-electron chi connectivity index (χ1n) is 4.98. The summed E-state index contributed by atoms with van der Waals surface area (Å²) >= 11 is 5.68. The molecule has 0 amide bonds. The Bertz CT molecular complexity index is 560. The molecule has 0 unspecified atom stereocenters. The predicted molar refractivity (Wildman–Crippen MR) is 65.8 cm³/mol. The molecule has 0 atom stereocenters. The number of halogens is 3. The summed E-state index contributed by atoms with van der Waals surface area (Å²) in [6, 6.07) is 3.71. The van der Waals surface area contributed by atoms with E-state index >= 15 is 0 Å². The number of hydrogen-bond acceptors (Lipinski definition) is 4. The van der Waals surface area contributed by atoms with Gasteiger partial charge in [0.25, 0.3) is 0 Å². The first-order chi connectivity index (χ1) is 8.45. The number of nitrogen functional groups attached to an aromatic ring is 1. The van der Waals surface area contributed by atoms with E-state index in [-0.39, 0.29) is 28.2 Å². The van der Waals surface area contributed by atoms with Crippen molar-refractivity contribution >= 4 is 29.1 Å². The van der Waals surface area contributed by atoms with Crippen molar-refractivity contribution in [2.24, 2.45) is 0 Å². The molecule has 1 heterocycles. The molecule has 4 nitrogen and oxygen atoms in total. The van der Waals surface area contributed by atoms with Gasteiger partial charge in [-0.3, -0.25) is 0 Å². The van der Waals surface area contributed by atoms with Crippen LogP contribution < -0.4 is 11.1 Å². The van der Waals surface area contributed by atoms with Crippen molar-refractivity contribution in [3.05, 3.63) is 40.6 Å². The van der Waals surface area contributed by atoms with Gasteiger partial charge in [-0.05, 0) is 19.1 Å². The topological polar surface area (TPSA) is 63.8 Å². The molecule has 0 fully saturated rings. The number of nitrogens with zero attached hydrogens (tertiary/aromatic N) is 2. The van der Waals surface area contributed by atoms with Gasteiger partial charge in [-0.2, -0.15) is 4.98 Å². The van der Waals surface area contributed by atoms with Crippen LogP contribution in [0.5, 0.6) is 0 Å². The second-order valence-electron chi connectivity index (χ2n) is 3.62. The number of aromatic nitrogens is 2. The minimum atomic E-state index is -0.648. The van der Waals surface area contributed by atoms with Gasteiger partial charge in [0, 0.05) is 17.3 Å². The molecule has 18 heavy (non-hydrogen) atoms. The van der Waals surface area contributed by atoms with E-state index in [0.29, 0.717) is 0 Å². The summed E-state index contributed by atoms with van der Waals surface area (Å²) in [4.78, 5) is 7.51. The van der Waals surface area contributed by atoms with Crippen LogP contribution in [0.1, 0.15) is 5.56 Å². The molecule has 1 aromatic carbocycles. The minimum Gasteiger partial charge on any atom is -0.368 e. The van der Waals surface area contributed by atoms with Gasteiger partial charge in [-0.1, -0.05) is 11.6 Å². The fourth-order valence-corrected chi connectivity index (χ4v) is 1.55. The van der Waals surface area contributed by atoms with Crippen LogP contribution in [0.2, 0.25) is 5.15 Å². The lowest BCUT2D eigenvalue weighted by Gasteiger charge is -2.08. The van der Waals surface area contributed by atoms with E-state index in [9.17, 15) is 8.78 Å². The second-order valence-corrected chi connectivity index (χ2v) is 4.01. The van der Waals surface area contributed by atoms with Gasteiger partial charge in [0.1, 0.15) is 22.6 Å². The molecule has 0 radical (unpaired) electrons. The Hall–Kier alpha value is -1.95. The van der Waals surface area contributed by atoms with E-state index < -0.39 is 11.6 Å². The Kier molecular flexibility index (Phi) is 3.29. The number of nitrogens with one attached hydrogen (secondary N) is 1. The Morgan fingerprint density at radius 2 is 1.78 bits per heavy atom. The molecule has 0 aliphatic heterocycles. The summed E-state index contributed by atoms with van der Waals surface area (Å²) in [6.45, 7) is 1.36. The molecular formula is C11H9ClF2N4. The molecule has 0 bridgehead atoms. The zero-order valence-electron chi connectivity index (χ0n) is 9.34. The summed E-state index contributed by atoms with van der Waals surface area (Å²) in [5, 5.41) is 2.84. The van der Waals surface area contributed by atoms with Gasteiger partial charge >= 0.3 is 0 Å². The van der Waals surface area contributed by atoms with E-state index in [0.717, 1.165) is 12.1 Å². The molecule has 7 heteroatoms. The van der Waals surface area contributed by atoms with Crippen LogP contribution in [0.15, 0.2) is 18.2 Å². The lowest BCUT2D eigenvalue weighted by molar-refractivity contribution is 0.569. The normalized spacial score (nSPS) is 10.4. The Morgan fingerprint density at radius 1 is 1.17 bits per heavy atom. The summed E-state index contributed by atoms with van der Waals surface area (Å²) in [5.74, 6) is -1.07. The Morgan fingerprint density at radius 3 is 2.33 bits per heavy atom. The van der Waals surface area contributed by atoms with Gasteiger partial charge in [0.15, 0.2) is 0 Å². The maximum atomic E-state index is 13.3. The lowest BCUT2D eigenvalue weighted by Crippen LogP contribution is -2.01. The van der Waals surface area contributed by atoms with Crippen LogP contribution in [0.3, 0.4) is 0 Å². The molecule has 0 aliphatic rings. The average Bonchev–Trinajstić information content (AvgIpc) is 2.24. The monoisotopic (exact) mass is 270 g/mol. The van der Waals surface area contributed by atoms with Gasteiger partial charge < -0.3 is 11.1 Å². The molecule has 0 spiro atoms. The Balaban J connectivity index is 2.34. The summed E-state index contributed by atoms with van der Waals surface area (Å²) in [6.07, 6.45) is 0. The van der Waals surface area contributed by atoms with Gasteiger partial charge in [-0.15, -0.1) is 0 Å². The highest BCUT2D eigenvalue weighted by Gasteiger charge is 2.08. The number of nitrogens with two attached hydrogens (primary N) is 1. The first kappa shape index (κ1) is 12.5. The van der Waals surface area contributed by atoms with Crippen molar-refractivity contribution in [2.75, 3.05) is 11.1 Å². The molecule has 1 aromatic heterocycles. The highest BCUT2D eigenvalue weighted by molar-refractivity contribution is 6.29. The van der Waals surface area contributed by atoms with Crippen LogP contribution in [-0.2, 0) is 0 Å². The molecular weight excluding hydrogens is 262 g/mol. The van der Waals surface area contributed by atoms with E-state index in [1.807, 2.05) is 0 Å². The average molecular weight is 271 g/mol. The van der Waals surface area contributed by atoms with Crippen molar-refractivity contribution < 1.29 is 8.78 Å². The summed E-state index contributed by atoms with van der Waals surface area (Å²) < 4.78 is 26.7. The molecule has 0 saturated carbocycles. The smallest absolute Gasteiger partial charge is 0.223 e. The second kappa shape index (κ2) is 4.73. The summed E-state index contributed by atoms with van der Waals surface area (Å²) in [7, 11) is 0. The zero-order chi connectivity index (χ0) is 13.3. The highest BCUT2D eigenvalue weighted by atomic mass is 35.5. The number of benzene rings is 1. The third-order valence-electron chi connectivity index (χ3n) is 2.27. The maximum absolute atomic E-state index is 13.3. The number of hydrogen-bond donors (Lipinski definition) is 2. The van der Waals surface area contributed by atoms with Crippen LogP contribution in [0, 0.1) is 18.6 Å². The van der Waals surface area contributed by atoms with E-state index in [1.165, 1.54) is 13.0 Å². The third kappa shape index (κ3) is 2.65. The fourth-order valence-electron chi connectivity index (χ4n) is 1.36. The van der Waals surface area contributed by atoms with Crippen molar-refractivity contribution in [3.63, 3.8) is 0 Å². The lowest BCUT2D eigenvalue weighted by atomic mass is 10.2. The molecule has 94 valence electrons. The van der Waals surface area contributed by atoms with Gasteiger partial charge in [0.2, 0.25) is 5.95 Å². The Labute approximate surface area is 107 Å². The minimum absolute atomic E-state index is 0.0296. The molecule has 0 saturated heterocycles. The fraction of sp³-hybridized carbons (Fsp3) is 0.0909. The maximum Gasteiger partial charge on any atom is 0.223 e. The van der Waals surface area contributed by atoms with Crippen molar-refractivity contribution in [1.82, 2.24) is 9.97 Å². The van der Waals surface area contributed by atoms with Crippen LogP contribution in [0.25, 0.3) is 0 Å². The quantitative estimate of drug-likeness (QED) is 0.823. The summed E-state index contributed by atoms with van der Waals surface area (Å²) in [5.41, 5.74) is 5.57. The standard InChI is InChI=1S/C11H9ClF2N4/c1-5-7(13)2-6(3-8(5)14)16-10-4-9(12)17-11(15)18-10/h2-4H,1H3,(H3,15,16,17,18). The third-order valence-corrected chi connectivity index (χ3v) is 2.46. The van der Waals surface area contributed by atoms with Crippen molar-refractivity contribution in [1.29, 1.82) is 0 Å². The molecule has 0 aliphatic carbocycles. The molecule has 3 N–H and O–H groups in total. The van der Waals surface area contributed by atoms with Crippen LogP contribution in [0.4, 0.5) is 26.2 Å². The van der Waals surface area contributed by atoms with Crippen LogP contribution in [-0.4, -0.2) is 9.97 Å². The van der Waals surface area contributed by atoms with E-state index in [2.05, 4.69) is 15.3 Å². The number of rotatable bonds is 2. The van der Waals surface area contributed by atoms with E-state index in [1.54, 1.807) is 0 Å². The SMILES string of the molecule is Cc1c(F)cc(Nc2cc(Cl)nc(N)n2)cc1F. The highest BCUT2D eigenvalue weighted by Crippen LogP contribution is 2.22. The van der Waals surface area contributed by atoms with Gasteiger partial charge in [-0.25, -0.2) is 13.8 Å². The van der Waals surface area contributed by atoms with Gasteiger partial charge in [0.05, 0.1) is 0 Å². The molecule has 2 aromatic rings. The van der Waals surface area contributed by atoms with E-state index in [4.69, 9.17) is 17.3 Å². The zero-order valence-corrected chi connectivity index (χ0v) is 10.1. The predicted octanol–water partition coefficient (Wildman–Crippen LogP) is 3.04. The number of anilines is 3. The van der Waals surface area contributed by atoms with Crippen LogP contribution >= 0.6 is 11.6 Å².